The molecule has 128 valence electrons. The van der Waals surface area contributed by atoms with Gasteiger partial charge in [-0.1, -0.05) is 22.0 Å². The molecule has 0 radical (unpaired) electrons. The third kappa shape index (κ3) is 3.83. The number of hydrogen-bond donors (Lipinski definition) is 2. The first-order valence-corrected chi connectivity index (χ1v) is 8.07. The molecule has 0 unspecified atom stereocenters. The molecule has 0 atom stereocenters. The van der Waals surface area contributed by atoms with Crippen LogP contribution in [0.3, 0.4) is 0 Å². The molecule has 0 bridgehead atoms. The number of aromatic nitrogens is 2. The number of nitrogens with zero attached hydrogens (tertiary/aromatic N) is 3. The molecule has 8 nitrogen and oxygen atoms in total. The number of ether oxygens (including phenoxy) is 1. The van der Waals surface area contributed by atoms with Crippen LogP contribution >= 0.6 is 15.9 Å². The van der Waals surface area contributed by atoms with Crippen LogP contribution in [-0.4, -0.2) is 33.2 Å². The zero-order chi connectivity index (χ0) is 17.8. The number of nitrogens with one attached hydrogen (secondary N) is 1. The number of halogens is 1. The lowest BCUT2D eigenvalue weighted by Crippen LogP contribution is -2.05. The highest BCUT2D eigenvalue weighted by molar-refractivity contribution is 9.10. The number of nitro benzene ring substituents is 1. The minimum atomic E-state index is -0.540. The first kappa shape index (κ1) is 17.1. The van der Waals surface area contributed by atoms with Crippen molar-refractivity contribution < 1.29 is 14.8 Å². The second-order valence-corrected chi connectivity index (χ2v) is 5.94. The van der Waals surface area contributed by atoms with Crippen molar-refractivity contribution in [3.63, 3.8) is 0 Å². The Morgan fingerprint density at radius 1 is 1.28 bits per heavy atom. The number of anilines is 2. The van der Waals surface area contributed by atoms with Crippen LogP contribution in [0.15, 0.2) is 47.2 Å². The quantitative estimate of drug-likeness (QED) is 0.478. The molecule has 0 aliphatic rings. The van der Waals surface area contributed by atoms with E-state index >= 15 is 0 Å². The fourth-order valence-electron chi connectivity index (χ4n) is 2.29. The minimum absolute atomic E-state index is 0.0411. The van der Waals surface area contributed by atoms with Crippen LogP contribution in [-0.2, 0) is 0 Å². The van der Waals surface area contributed by atoms with Crippen LogP contribution in [0.4, 0.5) is 17.2 Å². The van der Waals surface area contributed by atoms with Gasteiger partial charge in [0.05, 0.1) is 22.4 Å². The van der Waals surface area contributed by atoms with E-state index in [0.717, 1.165) is 10.2 Å². The average molecular weight is 405 g/mol. The smallest absolute Gasteiger partial charge is 0.311 e. The summed E-state index contributed by atoms with van der Waals surface area (Å²) in [5.74, 6) is 0.499. The molecule has 2 aromatic carbocycles. The molecular formula is C16H13BrN4O4. The van der Waals surface area contributed by atoms with Crippen molar-refractivity contribution in [3.05, 3.63) is 57.3 Å². The van der Waals surface area contributed by atoms with Gasteiger partial charge in [0.25, 0.3) is 0 Å². The summed E-state index contributed by atoms with van der Waals surface area (Å²) in [5.41, 5.74) is 1.05. The van der Waals surface area contributed by atoms with Gasteiger partial charge in [-0.3, -0.25) is 10.1 Å². The second-order valence-electron chi connectivity index (χ2n) is 5.02. The topological polar surface area (TPSA) is 110 Å². The number of fused-ring (bicyclic) bond motifs is 1. The highest BCUT2D eigenvalue weighted by atomic mass is 79.9. The summed E-state index contributed by atoms with van der Waals surface area (Å²) in [4.78, 5) is 19.1. The van der Waals surface area contributed by atoms with E-state index in [0.29, 0.717) is 16.7 Å². The largest absolute Gasteiger partial charge is 0.484 e. The zero-order valence-electron chi connectivity index (χ0n) is 12.8. The fraction of sp³-hybridized carbons (Fsp3) is 0.125. The molecule has 9 heteroatoms. The van der Waals surface area contributed by atoms with Crippen LogP contribution in [0.2, 0.25) is 0 Å². The van der Waals surface area contributed by atoms with Crippen molar-refractivity contribution >= 4 is 44.0 Å². The lowest BCUT2D eigenvalue weighted by molar-refractivity contribution is -0.385. The maximum atomic E-state index is 11.3. The van der Waals surface area contributed by atoms with Gasteiger partial charge in [0, 0.05) is 22.3 Å². The summed E-state index contributed by atoms with van der Waals surface area (Å²) in [5, 5.41) is 23.8. The van der Waals surface area contributed by atoms with Crippen LogP contribution in [0, 0.1) is 10.1 Å². The maximum absolute atomic E-state index is 11.3. The predicted octanol–water partition coefficient (Wildman–Crippen LogP) is 3.42. The van der Waals surface area contributed by atoms with Gasteiger partial charge in [0.15, 0.2) is 5.75 Å². The summed E-state index contributed by atoms with van der Waals surface area (Å²) in [7, 11) is 0. The third-order valence-corrected chi connectivity index (χ3v) is 3.84. The van der Waals surface area contributed by atoms with Gasteiger partial charge in [-0.05, 0) is 18.2 Å². The van der Waals surface area contributed by atoms with Crippen molar-refractivity contribution in [3.8, 4) is 5.75 Å². The summed E-state index contributed by atoms with van der Waals surface area (Å²) in [6.07, 6.45) is 1.37. The summed E-state index contributed by atoms with van der Waals surface area (Å²) in [6, 6.07) is 10.3. The van der Waals surface area contributed by atoms with E-state index in [1.165, 1.54) is 18.5 Å². The van der Waals surface area contributed by atoms with Gasteiger partial charge in [0.1, 0.15) is 18.8 Å². The van der Waals surface area contributed by atoms with Crippen molar-refractivity contribution in [1.29, 1.82) is 0 Å². The minimum Gasteiger partial charge on any atom is -0.484 e. The van der Waals surface area contributed by atoms with E-state index < -0.39 is 4.92 Å². The second kappa shape index (κ2) is 7.41. The molecule has 0 saturated heterocycles. The Morgan fingerprint density at radius 3 is 2.84 bits per heavy atom. The number of aliphatic hydroxyl groups is 1. The van der Waals surface area contributed by atoms with Crippen molar-refractivity contribution in [2.24, 2.45) is 0 Å². The van der Waals surface area contributed by atoms with E-state index in [1.807, 2.05) is 24.3 Å². The lowest BCUT2D eigenvalue weighted by Gasteiger charge is -2.10. The monoisotopic (exact) mass is 404 g/mol. The van der Waals surface area contributed by atoms with Crippen molar-refractivity contribution in [1.82, 2.24) is 9.97 Å². The van der Waals surface area contributed by atoms with Crippen LogP contribution in [0.25, 0.3) is 10.9 Å². The number of aliphatic hydroxyl groups excluding tert-OH is 1. The van der Waals surface area contributed by atoms with Gasteiger partial charge in [0.2, 0.25) is 0 Å². The van der Waals surface area contributed by atoms with Gasteiger partial charge < -0.3 is 15.2 Å². The molecule has 3 rings (SSSR count). The Bertz CT molecular complexity index is 935. The summed E-state index contributed by atoms with van der Waals surface area (Å²) < 4.78 is 6.14. The highest BCUT2D eigenvalue weighted by Crippen LogP contribution is 2.34. The molecule has 1 aromatic heterocycles. The molecular weight excluding hydrogens is 392 g/mol. The van der Waals surface area contributed by atoms with Gasteiger partial charge in [-0.2, -0.15) is 0 Å². The Morgan fingerprint density at radius 2 is 2.12 bits per heavy atom. The maximum Gasteiger partial charge on any atom is 0.311 e. The first-order chi connectivity index (χ1) is 12.1. The van der Waals surface area contributed by atoms with Crippen LogP contribution < -0.4 is 10.1 Å². The SMILES string of the molecule is O=[N+]([O-])c1cc2c(Nc3cccc(Br)c3)ncnc2cc1OCCO. The van der Waals surface area contributed by atoms with Crippen LogP contribution in [0.5, 0.6) is 5.75 Å². The molecule has 0 saturated carbocycles. The highest BCUT2D eigenvalue weighted by Gasteiger charge is 2.19. The fourth-order valence-corrected chi connectivity index (χ4v) is 2.69. The number of hydrogen-bond acceptors (Lipinski definition) is 7. The molecule has 1 heterocycles. The van der Waals surface area contributed by atoms with E-state index in [-0.39, 0.29) is 24.7 Å². The van der Waals surface area contributed by atoms with Gasteiger partial charge in [-0.25, -0.2) is 9.97 Å². The number of benzene rings is 2. The van der Waals surface area contributed by atoms with Gasteiger partial charge >= 0.3 is 5.69 Å². The molecule has 0 spiro atoms. The lowest BCUT2D eigenvalue weighted by atomic mass is 10.2. The Labute approximate surface area is 150 Å². The van der Waals surface area contributed by atoms with Crippen molar-refractivity contribution in [2.45, 2.75) is 0 Å². The first-order valence-electron chi connectivity index (χ1n) is 7.28. The van der Waals surface area contributed by atoms with E-state index in [9.17, 15) is 10.1 Å². The Hall–Kier alpha value is -2.78. The summed E-state index contributed by atoms with van der Waals surface area (Å²) >= 11 is 3.39. The van der Waals surface area contributed by atoms with Crippen molar-refractivity contribution in [2.75, 3.05) is 18.5 Å². The molecule has 25 heavy (non-hydrogen) atoms. The normalized spacial score (nSPS) is 10.6. The molecule has 0 amide bonds. The standard InChI is InChI=1S/C16H13BrN4O4/c17-10-2-1-3-11(6-10)20-16-12-7-14(21(23)24)15(25-5-4-22)8-13(12)18-9-19-16/h1-3,6-9,22H,4-5H2,(H,18,19,20). The molecule has 2 N–H and O–H groups in total. The average Bonchev–Trinajstić information content (AvgIpc) is 2.59. The Balaban J connectivity index is 2.08. The van der Waals surface area contributed by atoms with Gasteiger partial charge in [-0.15, -0.1) is 0 Å². The van der Waals surface area contributed by atoms with E-state index in [2.05, 4.69) is 31.2 Å². The zero-order valence-corrected chi connectivity index (χ0v) is 14.4. The van der Waals surface area contributed by atoms with E-state index in [1.54, 1.807) is 0 Å². The third-order valence-electron chi connectivity index (χ3n) is 3.35. The summed E-state index contributed by atoms with van der Waals surface area (Å²) in [6.45, 7) is -0.283. The number of nitro groups is 1. The van der Waals surface area contributed by atoms with Crippen LogP contribution in [0.1, 0.15) is 0 Å². The molecule has 0 aliphatic heterocycles. The van der Waals surface area contributed by atoms with E-state index in [4.69, 9.17) is 9.84 Å². The Kier molecular flexibility index (Phi) is 5.05. The molecule has 0 aliphatic carbocycles. The molecule has 3 aromatic rings. The number of rotatable bonds is 6. The molecule has 0 fully saturated rings. The predicted molar refractivity (Wildman–Crippen MR) is 96.2 cm³/mol.